The van der Waals surface area contributed by atoms with E-state index in [1.54, 1.807) is 24.3 Å². The first-order valence-electron chi connectivity index (χ1n) is 13.5. The normalized spacial score (nSPS) is 13.4. The fraction of sp³-hybridized carbons (Fsp3) is 0.344. The standard InChI is InChI=1S/C32H35FN2O4/c1-5-6-7-8-21-9-11-22(12-10-21)30(36)34-28-16-15-24(18-27(28)33)23-13-14-25-19-35(31(37)26(25)17-23)29(20(2)3)32(38)39-4/h9-18,20,29H,5-8,19H2,1-4H3,(H,34,36)/t29-/m0/s1. The number of fused-ring (bicyclic) bond motifs is 1. The molecule has 0 radical (unpaired) electrons. The van der Waals surface area contributed by atoms with Crippen molar-refractivity contribution in [1.82, 2.24) is 4.90 Å². The molecule has 1 N–H and O–H groups in total. The molecule has 39 heavy (non-hydrogen) atoms. The van der Waals surface area contributed by atoms with Crippen LogP contribution in [0.15, 0.2) is 60.7 Å². The van der Waals surface area contributed by atoms with E-state index in [-0.39, 0.29) is 23.4 Å². The molecule has 1 aliphatic rings. The zero-order valence-corrected chi connectivity index (χ0v) is 22.9. The van der Waals surface area contributed by atoms with E-state index in [0.717, 1.165) is 24.8 Å². The Morgan fingerprint density at radius 1 is 1.00 bits per heavy atom. The van der Waals surface area contributed by atoms with E-state index in [1.807, 2.05) is 38.1 Å². The first-order valence-corrected chi connectivity index (χ1v) is 13.5. The molecule has 2 amide bonds. The maximum atomic E-state index is 15.0. The second kappa shape index (κ2) is 12.2. The summed E-state index contributed by atoms with van der Waals surface area (Å²) in [6.07, 6.45) is 4.42. The Morgan fingerprint density at radius 3 is 2.33 bits per heavy atom. The minimum absolute atomic E-state index is 0.0806. The fourth-order valence-corrected chi connectivity index (χ4v) is 5.00. The predicted molar refractivity (Wildman–Crippen MR) is 150 cm³/mol. The molecule has 0 unspecified atom stereocenters. The highest BCUT2D eigenvalue weighted by atomic mass is 19.1. The lowest BCUT2D eigenvalue weighted by Gasteiger charge is -2.28. The molecule has 3 aromatic carbocycles. The average molecular weight is 531 g/mol. The van der Waals surface area contributed by atoms with Gasteiger partial charge in [-0.25, -0.2) is 9.18 Å². The van der Waals surface area contributed by atoms with Crippen LogP contribution in [0, 0.1) is 11.7 Å². The lowest BCUT2D eigenvalue weighted by Crippen LogP contribution is -2.45. The zero-order valence-electron chi connectivity index (χ0n) is 22.9. The lowest BCUT2D eigenvalue weighted by atomic mass is 10.00. The van der Waals surface area contributed by atoms with Crippen LogP contribution >= 0.6 is 0 Å². The van der Waals surface area contributed by atoms with Crippen LogP contribution in [-0.2, 0) is 22.5 Å². The number of carbonyl (C=O) groups is 3. The van der Waals surface area contributed by atoms with Crippen LogP contribution in [0.3, 0.4) is 0 Å². The molecule has 7 heteroatoms. The van der Waals surface area contributed by atoms with Crippen molar-refractivity contribution in [1.29, 1.82) is 0 Å². The van der Waals surface area contributed by atoms with Gasteiger partial charge in [0, 0.05) is 17.7 Å². The van der Waals surface area contributed by atoms with E-state index < -0.39 is 17.8 Å². The third kappa shape index (κ3) is 6.19. The molecule has 0 saturated heterocycles. The number of nitrogens with one attached hydrogen (secondary N) is 1. The van der Waals surface area contributed by atoms with Crippen molar-refractivity contribution in [3.63, 3.8) is 0 Å². The molecule has 0 spiro atoms. The summed E-state index contributed by atoms with van der Waals surface area (Å²) in [5.74, 6) is -1.77. The molecule has 4 rings (SSSR count). The maximum Gasteiger partial charge on any atom is 0.328 e. The van der Waals surface area contributed by atoms with Gasteiger partial charge in [-0.1, -0.05) is 63.9 Å². The molecule has 3 aromatic rings. The fourth-order valence-electron chi connectivity index (χ4n) is 5.00. The van der Waals surface area contributed by atoms with E-state index in [0.29, 0.717) is 28.8 Å². The van der Waals surface area contributed by atoms with Crippen molar-refractivity contribution in [2.45, 2.75) is 59.0 Å². The number of rotatable bonds is 10. The Kier molecular flexibility index (Phi) is 8.79. The van der Waals surface area contributed by atoms with Crippen molar-refractivity contribution >= 4 is 23.5 Å². The summed E-state index contributed by atoms with van der Waals surface area (Å²) in [6, 6.07) is 16.7. The number of nitrogens with zero attached hydrogens (tertiary/aromatic N) is 1. The SMILES string of the molecule is CCCCCc1ccc(C(=O)Nc2ccc(-c3ccc4c(c3)C(=O)N([C@H](C(=O)OC)C(C)C)C4)cc2F)cc1. The Hall–Kier alpha value is -4.00. The number of hydrogen-bond acceptors (Lipinski definition) is 4. The van der Waals surface area contributed by atoms with Crippen LogP contribution in [0.25, 0.3) is 11.1 Å². The van der Waals surface area contributed by atoms with Crippen molar-refractivity contribution < 1.29 is 23.5 Å². The highest BCUT2D eigenvalue weighted by molar-refractivity contribution is 6.04. The minimum atomic E-state index is -0.684. The van der Waals surface area contributed by atoms with Gasteiger partial charge in [-0.3, -0.25) is 9.59 Å². The summed E-state index contributed by atoms with van der Waals surface area (Å²) < 4.78 is 20.0. The Labute approximate surface area is 229 Å². The molecular formula is C32H35FN2O4. The first-order chi connectivity index (χ1) is 18.7. The molecule has 1 atom stereocenters. The summed E-state index contributed by atoms with van der Waals surface area (Å²) >= 11 is 0. The Morgan fingerprint density at radius 2 is 1.69 bits per heavy atom. The number of methoxy groups -OCH3 is 1. The third-order valence-corrected chi connectivity index (χ3v) is 7.19. The van der Waals surface area contributed by atoms with Gasteiger partial charge in [0.25, 0.3) is 11.8 Å². The van der Waals surface area contributed by atoms with Crippen LogP contribution in [0.2, 0.25) is 0 Å². The molecule has 204 valence electrons. The summed E-state index contributed by atoms with van der Waals surface area (Å²) in [5, 5.41) is 2.65. The number of hydrogen-bond donors (Lipinski definition) is 1. The first kappa shape index (κ1) is 28.0. The highest BCUT2D eigenvalue weighted by Crippen LogP contribution is 2.32. The molecule has 0 fully saturated rings. The van der Waals surface area contributed by atoms with Gasteiger partial charge in [0.1, 0.15) is 11.9 Å². The van der Waals surface area contributed by atoms with Gasteiger partial charge in [0.2, 0.25) is 0 Å². The van der Waals surface area contributed by atoms with E-state index in [4.69, 9.17) is 4.74 Å². The molecule has 0 bridgehead atoms. The van der Waals surface area contributed by atoms with Crippen molar-refractivity contribution in [2.24, 2.45) is 5.92 Å². The quantitative estimate of drug-likeness (QED) is 0.236. The molecule has 1 aliphatic heterocycles. The van der Waals surface area contributed by atoms with Gasteiger partial charge >= 0.3 is 5.97 Å². The maximum absolute atomic E-state index is 15.0. The summed E-state index contributed by atoms with van der Waals surface area (Å²) in [7, 11) is 1.31. The van der Waals surface area contributed by atoms with E-state index in [2.05, 4.69) is 12.2 Å². The van der Waals surface area contributed by atoms with Crippen molar-refractivity contribution in [3.05, 3.63) is 88.7 Å². The number of amides is 2. The summed E-state index contributed by atoms with van der Waals surface area (Å²) in [5.41, 5.74) is 4.25. The van der Waals surface area contributed by atoms with Gasteiger partial charge in [0.05, 0.1) is 12.8 Å². The molecule has 0 aliphatic carbocycles. The molecular weight excluding hydrogens is 495 g/mol. The van der Waals surface area contributed by atoms with Crippen LogP contribution < -0.4 is 5.32 Å². The zero-order chi connectivity index (χ0) is 28.1. The number of halogens is 1. The van der Waals surface area contributed by atoms with Crippen molar-refractivity contribution in [2.75, 3.05) is 12.4 Å². The van der Waals surface area contributed by atoms with Gasteiger partial charge in [-0.2, -0.15) is 0 Å². The number of ether oxygens (including phenoxy) is 1. The minimum Gasteiger partial charge on any atom is -0.467 e. The van der Waals surface area contributed by atoms with Crippen LogP contribution in [0.5, 0.6) is 0 Å². The average Bonchev–Trinajstić information content (AvgIpc) is 3.25. The molecule has 1 heterocycles. The van der Waals surface area contributed by atoms with Crippen molar-refractivity contribution in [3.8, 4) is 11.1 Å². The second-order valence-corrected chi connectivity index (χ2v) is 10.3. The topological polar surface area (TPSA) is 75.7 Å². The largest absolute Gasteiger partial charge is 0.467 e. The lowest BCUT2D eigenvalue weighted by molar-refractivity contribution is -0.147. The second-order valence-electron chi connectivity index (χ2n) is 10.3. The third-order valence-electron chi connectivity index (χ3n) is 7.19. The number of anilines is 1. The predicted octanol–water partition coefficient (Wildman–Crippen LogP) is 6.63. The Bertz CT molecular complexity index is 1370. The van der Waals surface area contributed by atoms with E-state index >= 15 is 4.39 Å². The molecule has 0 aromatic heterocycles. The van der Waals surface area contributed by atoms with Crippen LogP contribution in [-0.4, -0.2) is 35.8 Å². The number of carbonyl (C=O) groups excluding carboxylic acids is 3. The van der Waals surface area contributed by atoms with Gasteiger partial charge in [-0.15, -0.1) is 0 Å². The van der Waals surface area contributed by atoms with E-state index in [9.17, 15) is 14.4 Å². The van der Waals surface area contributed by atoms with Gasteiger partial charge in [0.15, 0.2) is 0 Å². The highest BCUT2D eigenvalue weighted by Gasteiger charge is 2.38. The number of esters is 1. The Balaban J connectivity index is 1.47. The number of benzene rings is 3. The number of unbranched alkanes of at least 4 members (excludes halogenated alkanes) is 2. The summed E-state index contributed by atoms with van der Waals surface area (Å²) in [4.78, 5) is 39.8. The van der Waals surface area contributed by atoms with Crippen LogP contribution in [0.4, 0.5) is 10.1 Å². The molecule has 6 nitrogen and oxygen atoms in total. The smallest absolute Gasteiger partial charge is 0.328 e. The summed E-state index contributed by atoms with van der Waals surface area (Å²) in [6.45, 7) is 6.22. The molecule has 0 saturated carbocycles. The van der Waals surface area contributed by atoms with Gasteiger partial charge in [-0.05, 0) is 71.3 Å². The van der Waals surface area contributed by atoms with E-state index in [1.165, 1.54) is 36.1 Å². The number of aryl methyl sites for hydroxylation is 1. The monoisotopic (exact) mass is 530 g/mol. The van der Waals surface area contributed by atoms with Gasteiger partial charge < -0.3 is 15.0 Å². The van der Waals surface area contributed by atoms with Crippen LogP contribution in [0.1, 0.15) is 71.9 Å².